The number of halogens is 10. The summed E-state index contributed by atoms with van der Waals surface area (Å²) in [4.78, 5) is 0. The summed E-state index contributed by atoms with van der Waals surface area (Å²) in [6.07, 6.45) is 1.41. The molecule has 0 saturated carbocycles. The summed E-state index contributed by atoms with van der Waals surface area (Å²) < 4.78 is 142. The third kappa shape index (κ3) is 3.24. The van der Waals surface area contributed by atoms with Gasteiger partial charge in [0.1, 0.15) is 0 Å². The SMILES string of the molecule is CC1=Cc2ccccc2C1B(c1c(F)c(F)c(F)c(F)c1F)c1c(F)c(F)c(F)c(F)c1F. The summed E-state index contributed by atoms with van der Waals surface area (Å²) in [5, 5.41) is 0. The van der Waals surface area contributed by atoms with Crippen LogP contribution in [-0.4, -0.2) is 6.71 Å². The summed E-state index contributed by atoms with van der Waals surface area (Å²) in [5.74, 6) is -26.1. The molecule has 0 radical (unpaired) electrons. The molecule has 33 heavy (non-hydrogen) atoms. The number of hydrogen-bond acceptors (Lipinski definition) is 0. The van der Waals surface area contributed by atoms with Crippen LogP contribution in [0.4, 0.5) is 43.9 Å². The third-order valence-electron chi connectivity index (χ3n) is 5.65. The van der Waals surface area contributed by atoms with Gasteiger partial charge in [-0.1, -0.05) is 35.9 Å². The Morgan fingerprint density at radius 2 is 0.909 bits per heavy atom. The van der Waals surface area contributed by atoms with Gasteiger partial charge in [0.15, 0.2) is 58.2 Å². The van der Waals surface area contributed by atoms with E-state index in [9.17, 15) is 43.9 Å². The molecule has 0 spiro atoms. The number of allylic oxidation sites excluding steroid dienone is 1. The third-order valence-corrected chi connectivity index (χ3v) is 5.65. The lowest BCUT2D eigenvalue weighted by atomic mass is 9.31. The minimum Gasteiger partial charge on any atom is -0.204 e. The molecule has 3 aromatic rings. The van der Waals surface area contributed by atoms with Gasteiger partial charge in [0.25, 0.3) is 0 Å². The van der Waals surface area contributed by atoms with Gasteiger partial charge in [0.05, 0.1) is 0 Å². The van der Waals surface area contributed by atoms with Crippen LogP contribution in [0.15, 0.2) is 29.8 Å². The molecule has 0 fully saturated rings. The predicted molar refractivity (Wildman–Crippen MR) is 100 cm³/mol. The fraction of sp³-hybridized carbons (Fsp3) is 0.0909. The zero-order valence-corrected chi connectivity index (χ0v) is 16.3. The molecule has 1 aliphatic carbocycles. The maximum absolute atomic E-state index is 14.8. The first-order chi connectivity index (χ1) is 15.5. The van der Waals surface area contributed by atoms with Gasteiger partial charge in [-0.05, 0) is 23.9 Å². The number of benzene rings is 3. The first-order valence-corrected chi connectivity index (χ1v) is 9.28. The van der Waals surface area contributed by atoms with E-state index < -0.39 is 81.6 Å². The molecule has 1 atom stereocenters. The highest BCUT2D eigenvalue weighted by Crippen LogP contribution is 2.39. The molecule has 1 aliphatic rings. The van der Waals surface area contributed by atoms with Crippen molar-refractivity contribution in [1.82, 2.24) is 0 Å². The zero-order valence-electron chi connectivity index (χ0n) is 16.3. The topological polar surface area (TPSA) is 0 Å². The van der Waals surface area contributed by atoms with Crippen LogP contribution in [0.3, 0.4) is 0 Å². The lowest BCUT2D eigenvalue weighted by Gasteiger charge is -2.26. The predicted octanol–water partition coefficient (Wildman–Crippen LogP) is 5.43. The second-order valence-electron chi connectivity index (χ2n) is 7.44. The molecule has 0 heterocycles. The second-order valence-corrected chi connectivity index (χ2v) is 7.44. The Bertz CT molecular complexity index is 1220. The molecular formula is C22H9BF10. The lowest BCUT2D eigenvalue weighted by Crippen LogP contribution is -2.54. The van der Waals surface area contributed by atoms with Crippen LogP contribution in [0.25, 0.3) is 6.08 Å². The minimum absolute atomic E-state index is 0.132. The maximum Gasteiger partial charge on any atom is 0.236 e. The Kier molecular flexibility index (Phi) is 5.54. The molecule has 0 bridgehead atoms. The summed E-state index contributed by atoms with van der Waals surface area (Å²) in [7, 11) is 0. The van der Waals surface area contributed by atoms with Crippen LogP contribution in [-0.2, 0) is 0 Å². The summed E-state index contributed by atoms with van der Waals surface area (Å²) in [5.41, 5.74) is -2.80. The van der Waals surface area contributed by atoms with Gasteiger partial charge in [-0.3, -0.25) is 0 Å². The van der Waals surface area contributed by atoms with Crippen molar-refractivity contribution < 1.29 is 43.9 Å². The van der Waals surface area contributed by atoms with Crippen LogP contribution in [0, 0.1) is 58.2 Å². The van der Waals surface area contributed by atoms with Crippen molar-refractivity contribution in [2.75, 3.05) is 0 Å². The van der Waals surface area contributed by atoms with E-state index in [0.29, 0.717) is 5.56 Å². The Morgan fingerprint density at radius 1 is 0.545 bits per heavy atom. The van der Waals surface area contributed by atoms with Crippen LogP contribution < -0.4 is 10.9 Å². The van der Waals surface area contributed by atoms with E-state index in [1.54, 1.807) is 0 Å². The van der Waals surface area contributed by atoms with Crippen LogP contribution >= 0.6 is 0 Å². The van der Waals surface area contributed by atoms with Gasteiger partial charge >= 0.3 is 0 Å². The smallest absolute Gasteiger partial charge is 0.204 e. The molecule has 4 rings (SSSR count). The molecule has 0 amide bonds. The second kappa shape index (κ2) is 7.96. The molecule has 0 aromatic heterocycles. The average molecular weight is 474 g/mol. The number of hydrogen-bond donors (Lipinski definition) is 0. The Balaban J connectivity index is 2.17. The van der Waals surface area contributed by atoms with Gasteiger partial charge < -0.3 is 0 Å². The van der Waals surface area contributed by atoms with Crippen molar-refractivity contribution in [3.63, 3.8) is 0 Å². The zero-order chi connectivity index (χ0) is 24.4. The fourth-order valence-electron chi connectivity index (χ4n) is 4.22. The Morgan fingerprint density at radius 3 is 1.33 bits per heavy atom. The highest BCUT2D eigenvalue weighted by Gasteiger charge is 2.46. The van der Waals surface area contributed by atoms with E-state index in [-0.39, 0.29) is 11.1 Å². The molecule has 0 nitrogen and oxygen atoms in total. The van der Waals surface area contributed by atoms with Gasteiger partial charge in [-0.15, -0.1) is 0 Å². The molecule has 0 aliphatic heterocycles. The van der Waals surface area contributed by atoms with Crippen molar-refractivity contribution in [3.05, 3.63) is 99.1 Å². The van der Waals surface area contributed by atoms with Crippen LogP contribution in [0.1, 0.15) is 23.9 Å². The van der Waals surface area contributed by atoms with E-state index in [4.69, 9.17) is 0 Å². The van der Waals surface area contributed by atoms with Crippen molar-refractivity contribution >= 4 is 23.7 Å². The monoisotopic (exact) mass is 474 g/mol. The highest BCUT2D eigenvalue weighted by atomic mass is 19.2. The molecule has 1 unspecified atom stereocenters. The normalized spacial score (nSPS) is 15.0. The summed E-state index contributed by atoms with van der Waals surface area (Å²) >= 11 is 0. The van der Waals surface area contributed by atoms with Gasteiger partial charge in [-0.2, -0.15) is 0 Å². The van der Waals surface area contributed by atoms with Crippen molar-refractivity contribution in [2.24, 2.45) is 0 Å². The van der Waals surface area contributed by atoms with E-state index in [0.717, 1.165) is 0 Å². The van der Waals surface area contributed by atoms with Crippen LogP contribution in [0.2, 0.25) is 0 Å². The van der Waals surface area contributed by atoms with Gasteiger partial charge in [-0.25, -0.2) is 43.9 Å². The molecule has 0 saturated heterocycles. The maximum atomic E-state index is 14.8. The van der Waals surface area contributed by atoms with E-state index in [1.165, 1.54) is 37.3 Å². The standard InChI is InChI=1S/C22H9BF10/c1-7-6-8-4-2-3-5-9(8)10(7)23(11-13(24)17(28)21(32)18(29)14(11)25)12-15(26)19(30)22(33)20(31)16(12)27/h2-6,10H,1H3. The Hall–Kier alpha value is -3.24. The number of fused-ring (bicyclic) bond motifs is 1. The highest BCUT2D eigenvalue weighted by molar-refractivity contribution is 6.87. The van der Waals surface area contributed by atoms with Gasteiger partial charge in [0, 0.05) is 10.9 Å². The van der Waals surface area contributed by atoms with E-state index in [2.05, 4.69) is 0 Å². The Labute approximate surface area is 180 Å². The number of rotatable bonds is 3. The van der Waals surface area contributed by atoms with E-state index >= 15 is 0 Å². The molecule has 3 aromatic carbocycles. The molecule has 170 valence electrons. The van der Waals surface area contributed by atoms with Gasteiger partial charge in [0.2, 0.25) is 6.71 Å². The largest absolute Gasteiger partial charge is 0.236 e. The minimum atomic E-state index is -2.54. The van der Waals surface area contributed by atoms with Crippen LogP contribution in [0.5, 0.6) is 0 Å². The molecular weight excluding hydrogens is 465 g/mol. The molecule has 11 heteroatoms. The average Bonchev–Trinajstić information content (AvgIpc) is 3.13. The first-order valence-electron chi connectivity index (χ1n) is 9.28. The fourth-order valence-corrected chi connectivity index (χ4v) is 4.22. The van der Waals surface area contributed by atoms with Crippen molar-refractivity contribution in [3.8, 4) is 0 Å². The van der Waals surface area contributed by atoms with Crippen molar-refractivity contribution in [2.45, 2.75) is 12.7 Å². The first kappa shape index (κ1) is 22.9. The summed E-state index contributed by atoms with van der Waals surface area (Å²) in [6.45, 7) is -1.16. The lowest BCUT2D eigenvalue weighted by molar-refractivity contribution is 0.382. The quantitative estimate of drug-likeness (QED) is 0.206. The van der Waals surface area contributed by atoms with E-state index in [1.807, 2.05) is 0 Å². The van der Waals surface area contributed by atoms with Crippen molar-refractivity contribution in [1.29, 1.82) is 0 Å². The summed E-state index contributed by atoms with van der Waals surface area (Å²) in [6, 6.07) is 5.80. The molecule has 0 N–H and O–H groups in total.